The lowest BCUT2D eigenvalue weighted by Gasteiger charge is -2.04. The van der Waals surface area contributed by atoms with Gasteiger partial charge in [-0.25, -0.2) is 9.97 Å². The molecule has 0 radical (unpaired) electrons. The number of hydrogen-bond acceptors (Lipinski definition) is 2. The number of halogens is 3. The Bertz CT molecular complexity index is 515. The summed E-state index contributed by atoms with van der Waals surface area (Å²) in [5, 5.41) is 1.50. The van der Waals surface area contributed by atoms with Crippen molar-refractivity contribution in [2.45, 2.75) is 13.3 Å². The molecule has 0 bridgehead atoms. The van der Waals surface area contributed by atoms with Crippen LogP contribution in [0.2, 0.25) is 15.3 Å². The fourth-order valence-corrected chi connectivity index (χ4v) is 1.92. The van der Waals surface area contributed by atoms with Crippen LogP contribution in [0.4, 0.5) is 0 Å². The normalized spacial score (nSPS) is 10.6. The highest BCUT2D eigenvalue weighted by Gasteiger charge is 2.08. The minimum Gasteiger partial charge on any atom is -0.220 e. The molecule has 2 rings (SSSR count). The summed E-state index contributed by atoms with van der Waals surface area (Å²) in [6, 6.07) is 7.50. The maximum atomic E-state index is 5.95. The third kappa shape index (κ3) is 3.09. The fourth-order valence-electron chi connectivity index (χ4n) is 1.37. The largest absolute Gasteiger partial charge is 0.220 e. The van der Waals surface area contributed by atoms with Crippen molar-refractivity contribution in [1.82, 2.24) is 9.97 Å². The molecule has 0 aliphatic carbocycles. The Kier molecular flexibility index (Phi) is 3.87. The molecule has 2 nitrogen and oxygen atoms in total. The predicted molar refractivity (Wildman–Crippen MR) is 71.0 cm³/mol. The number of aromatic nitrogens is 2. The third-order valence-electron chi connectivity index (χ3n) is 2.35. The van der Waals surface area contributed by atoms with Crippen LogP contribution in [0.15, 0.2) is 24.3 Å². The van der Waals surface area contributed by atoms with Crippen molar-refractivity contribution in [3.05, 3.63) is 56.5 Å². The van der Waals surface area contributed by atoms with E-state index in [1.165, 1.54) is 0 Å². The molecule has 2 aromatic rings. The van der Waals surface area contributed by atoms with Crippen molar-refractivity contribution in [3.63, 3.8) is 0 Å². The zero-order chi connectivity index (χ0) is 12.4. The van der Waals surface area contributed by atoms with Gasteiger partial charge in [-0.3, -0.25) is 0 Å². The summed E-state index contributed by atoms with van der Waals surface area (Å²) in [7, 11) is 0. The van der Waals surface area contributed by atoms with Gasteiger partial charge in [0.25, 0.3) is 0 Å². The van der Waals surface area contributed by atoms with Gasteiger partial charge in [-0.05, 0) is 24.6 Å². The number of nitrogens with zero attached hydrogens (tertiary/aromatic N) is 2. The van der Waals surface area contributed by atoms with E-state index in [-0.39, 0.29) is 0 Å². The van der Waals surface area contributed by atoms with Gasteiger partial charge in [-0.2, -0.15) is 0 Å². The lowest BCUT2D eigenvalue weighted by Crippen LogP contribution is -1.99. The van der Waals surface area contributed by atoms with Crippen LogP contribution in [-0.4, -0.2) is 9.97 Å². The summed E-state index contributed by atoms with van der Waals surface area (Å²) in [4.78, 5) is 8.38. The van der Waals surface area contributed by atoms with E-state index in [1.807, 2.05) is 24.3 Å². The van der Waals surface area contributed by atoms with Crippen LogP contribution in [0.25, 0.3) is 0 Å². The summed E-state index contributed by atoms with van der Waals surface area (Å²) in [6.45, 7) is 1.79. The van der Waals surface area contributed by atoms with Gasteiger partial charge in [0.2, 0.25) is 0 Å². The molecule has 88 valence electrons. The molecule has 0 saturated carbocycles. The molecule has 17 heavy (non-hydrogen) atoms. The van der Waals surface area contributed by atoms with Gasteiger partial charge in [0.1, 0.15) is 16.1 Å². The maximum Gasteiger partial charge on any atom is 0.137 e. The molecule has 1 aromatic heterocycles. The monoisotopic (exact) mass is 286 g/mol. The van der Waals surface area contributed by atoms with E-state index in [4.69, 9.17) is 34.8 Å². The van der Waals surface area contributed by atoms with Gasteiger partial charge in [0.05, 0.1) is 0 Å². The molecule has 0 saturated heterocycles. The Morgan fingerprint density at radius 2 is 1.47 bits per heavy atom. The average molecular weight is 288 g/mol. The second-order valence-corrected chi connectivity index (χ2v) is 4.80. The standard InChI is InChI=1S/C12H9Cl3N2/c1-7-11(14)16-10(17-12(7)15)6-8-2-4-9(13)5-3-8/h2-5H,6H2,1H3. The number of hydrogen-bond donors (Lipinski definition) is 0. The summed E-state index contributed by atoms with van der Waals surface area (Å²) < 4.78 is 0. The molecule has 0 unspecified atom stereocenters. The highest BCUT2D eigenvalue weighted by Crippen LogP contribution is 2.21. The molecule has 0 aliphatic heterocycles. The van der Waals surface area contributed by atoms with Crippen LogP contribution in [0, 0.1) is 6.92 Å². The van der Waals surface area contributed by atoms with Gasteiger partial charge < -0.3 is 0 Å². The molecule has 5 heteroatoms. The van der Waals surface area contributed by atoms with E-state index in [1.54, 1.807) is 6.92 Å². The first-order valence-electron chi connectivity index (χ1n) is 4.99. The van der Waals surface area contributed by atoms with Gasteiger partial charge >= 0.3 is 0 Å². The Morgan fingerprint density at radius 3 is 2.00 bits per heavy atom. The van der Waals surface area contributed by atoms with E-state index in [2.05, 4.69) is 9.97 Å². The molecule has 0 spiro atoms. The lowest BCUT2D eigenvalue weighted by atomic mass is 10.1. The zero-order valence-corrected chi connectivity index (χ0v) is 11.3. The quantitative estimate of drug-likeness (QED) is 0.768. The summed E-state index contributed by atoms with van der Waals surface area (Å²) in [6.07, 6.45) is 0.580. The van der Waals surface area contributed by atoms with Crippen LogP contribution in [0.5, 0.6) is 0 Å². The topological polar surface area (TPSA) is 25.8 Å². The first kappa shape index (κ1) is 12.6. The molecule has 0 N–H and O–H groups in total. The van der Waals surface area contributed by atoms with Crippen molar-refractivity contribution < 1.29 is 0 Å². The first-order valence-corrected chi connectivity index (χ1v) is 6.12. The highest BCUT2D eigenvalue weighted by atomic mass is 35.5. The molecule has 0 amide bonds. The second kappa shape index (κ2) is 5.21. The van der Waals surface area contributed by atoms with Crippen LogP contribution in [-0.2, 0) is 6.42 Å². The van der Waals surface area contributed by atoms with Crippen molar-refractivity contribution in [3.8, 4) is 0 Å². The number of rotatable bonds is 2. The summed E-state index contributed by atoms with van der Waals surface area (Å²) >= 11 is 17.7. The first-order chi connectivity index (χ1) is 8.06. The van der Waals surface area contributed by atoms with Crippen LogP contribution >= 0.6 is 34.8 Å². The van der Waals surface area contributed by atoms with E-state index < -0.39 is 0 Å². The van der Waals surface area contributed by atoms with Gasteiger partial charge in [-0.1, -0.05) is 46.9 Å². The Balaban J connectivity index is 2.27. The molecule has 0 atom stereocenters. The van der Waals surface area contributed by atoms with Crippen LogP contribution in [0.1, 0.15) is 17.0 Å². The molecule has 1 heterocycles. The van der Waals surface area contributed by atoms with Crippen LogP contribution in [0.3, 0.4) is 0 Å². The number of benzene rings is 1. The van der Waals surface area contributed by atoms with Gasteiger partial charge in [0, 0.05) is 17.0 Å². The van der Waals surface area contributed by atoms with E-state index >= 15 is 0 Å². The minimum absolute atomic E-state index is 0.397. The Labute approximate surface area is 115 Å². The fraction of sp³-hybridized carbons (Fsp3) is 0.167. The Hall–Kier alpha value is -0.830. The second-order valence-electron chi connectivity index (χ2n) is 3.65. The smallest absolute Gasteiger partial charge is 0.137 e. The van der Waals surface area contributed by atoms with Crippen molar-refractivity contribution >= 4 is 34.8 Å². The van der Waals surface area contributed by atoms with Crippen molar-refractivity contribution in [2.75, 3.05) is 0 Å². The molecule has 1 aromatic carbocycles. The van der Waals surface area contributed by atoms with Crippen molar-refractivity contribution in [1.29, 1.82) is 0 Å². The van der Waals surface area contributed by atoms with Crippen molar-refractivity contribution in [2.24, 2.45) is 0 Å². The maximum absolute atomic E-state index is 5.95. The van der Waals surface area contributed by atoms with Crippen LogP contribution < -0.4 is 0 Å². The third-order valence-corrected chi connectivity index (χ3v) is 3.34. The predicted octanol–water partition coefficient (Wildman–Crippen LogP) is 4.34. The minimum atomic E-state index is 0.397. The summed E-state index contributed by atoms with van der Waals surface area (Å²) in [5.74, 6) is 0.605. The van der Waals surface area contributed by atoms with Gasteiger partial charge in [-0.15, -0.1) is 0 Å². The SMILES string of the molecule is Cc1c(Cl)nc(Cc2ccc(Cl)cc2)nc1Cl. The highest BCUT2D eigenvalue weighted by molar-refractivity contribution is 6.34. The Morgan fingerprint density at radius 1 is 0.941 bits per heavy atom. The molecule has 0 aliphatic rings. The summed E-state index contributed by atoms with van der Waals surface area (Å²) in [5.41, 5.74) is 1.76. The zero-order valence-electron chi connectivity index (χ0n) is 9.04. The molecule has 0 fully saturated rings. The average Bonchev–Trinajstić information content (AvgIpc) is 2.29. The van der Waals surface area contributed by atoms with Gasteiger partial charge in [0.15, 0.2) is 0 Å². The molecular formula is C12H9Cl3N2. The van der Waals surface area contributed by atoms with E-state index in [9.17, 15) is 0 Å². The lowest BCUT2D eigenvalue weighted by molar-refractivity contribution is 0.956. The van der Waals surface area contributed by atoms with E-state index in [0.29, 0.717) is 33.1 Å². The molecular weight excluding hydrogens is 279 g/mol. The van der Waals surface area contributed by atoms with E-state index in [0.717, 1.165) is 5.56 Å².